The van der Waals surface area contributed by atoms with Gasteiger partial charge in [0.2, 0.25) is 11.8 Å². The maximum atomic E-state index is 13.0. The standard InChI is InChI=1S/C11H9FN2O3/c1-6(11(15)16)9-13-14-10(17-9)7-3-2-4-8(12)5-7/h2-6H,1H3,(H,15,16). The highest BCUT2D eigenvalue weighted by atomic mass is 19.1. The lowest BCUT2D eigenvalue weighted by Crippen LogP contribution is -2.07. The molecule has 0 aliphatic carbocycles. The Bertz CT molecular complexity index is 553. The normalized spacial score (nSPS) is 12.4. The second-order valence-corrected chi connectivity index (χ2v) is 3.52. The van der Waals surface area contributed by atoms with Gasteiger partial charge in [-0.1, -0.05) is 6.07 Å². The topological polar surface area (TPSA) is 76.2 Å². The average molecular weight is 236 g/mol. The molecule has 2 rings (SSSR count). The fourth-order valence-corrected chi connectivity index (χ4v) is 1.25. The number of carboxylic acid groups (broad SMARTS) is 1. The van der Waals surface area contributed by atoms with Crippen LogP contribution in [0.25, 0.3) is 11.5 Å². The summed E-state index contributed by atoms with van der Waals surface area (Å²) in [5, 5.41) is 16.1. The van der Waals surface area contributed by atoms with Crippen LogP contribution in [0.2, 0.25) is 0 Å². The first-order valence-corrected chi connectivity index (χ1v) is 4.90. The largest absolute Gasteiger partial charge is 0.481 e. The highest BCUT2D eigenvalue weighted by Crippen LogP contribution is 2.22. The highest BCUT2D eigenvalue weighted by molar-refractivity contribution is 5.74. The molecule has 0 fully saturated rings. The van der Waals surface area contributed by atoms with Crippen LogP contribution in [0.1, 0.15) is 18.7 Å². The SMILES string of the molecule is CC(C(=O)O)c1nnc(-c2cccc(F)c2)o1. The van der Waals surface area contributed by atoms with E-state index in [1.165, 1.54) is 25.1 Å². The van der Waals surface area contributed by atoms with Gasteiger partial charge in [0.05, 0.1) is 0 Å². The second kappa shape index (κ2) is 4.32. The Morgan fingerprint density at radius 3 is 2.88 bits per heavy atom. The van der Waals surface area contributed by atoms with E-state index in [0.29, 0.717) is 5.56 Å². The lowest BCUT2D eigenvalue weighted by Gasteiger charge is -1.98. The van der Waals surface area contributed by atoms with Crippen molar-refractivity contribution < 1.29 is 18.7 Å². The Morgan fingerprint density at radius 2 is 2.24 bits per heavy atom. The number of halogens is 1. The van der Waals surface area contributed by atoms with Gasteiger partial charge in [-0.15, -0.1) is 10.2 Å². The Labute approximate surface area is 95.9 Å². The minimum absolute atomic E-state index is 0.00300. The zero-order valence-corrected chi connectivity index (χ0v) is 8.92. The first-order chi connectivity index (χ1) is 8.08. The number of rotatable bonds is 3. The van der Waals surface area contributed by atoms with Crippen LogP contribution in [0, 0.1) is 5.82 Å². The lowest BCUT2D eigenvalue weighted by molar-refractivity contribution is -0.138. The van der Waals surface area contributed by atoms with Crippen molar-refractivity contribution in [2.24, 2.45) is 0 Å². The van der Waals surface area contributed by atoms with Gasteiger partial charge in [-0.25, -0.2) is 4.39 Å². The molecule has 1 atom stereocenters. The van der Waals surface area contributed by atoms with Crippen molar-refractivity contribution in [3.8, 4) is 11.5 Å². The van der Waals surface area contributed by atoms with Gasteiger partial charge in [-0.05, 0) is 25.1 Å². The molecule has 0 aliphatic rings. The smallest absolute Gasteiger partial charge is 0.315 e. The molecule has 0 saturated carbocycles. The van der Waals surface area contributed by atoms with E-state index in [9.17, 15) is 9.18 Å². The first-order valence-electron chi connectivity index (χ1n) is 4.90. The van der Waals surface area contributed by atoms with Crippen LogP contribution in [0.4, 0.5) is 4.39 Å². The lowest BCUT2D eigenvalue weighted by atomic mass is 10.2. The second-order valence-electron chi connectivity index (χ2n) is 3.52. The predicted octanol–water partition coefficient (Wildman–Crippen LogP) is 2.06. The van der Waals surface area contributed by atoms with Crippen molar-refractivity contribution in [1.29, 1.82) is 0 Å². The van der Waals surface area contributed by atoms with Crippen molar-refractivity contribution in [2.45, 2.75) is 12.8 Å². The van der Waals surface area contributed by atoms with Gasteiger partial charge in [-0.3, -0.25) is 4.79 Å². The quantitative estimate of drug-likeness (QED) is 0.882. The number of benzene rings is 1. The molecule has 1 unspecified atom stereocenters. The Kier molecular flexibility index (Phi) is 2.86. The summed E-state index contributed by atoms with van der Waals surface area (Å²) in [6, 6.07) is 5.64. The van der Waals surface area contributed by atoms with Gasteiger partial charge in [0.15, 0.2) is 0 Å². The third-order valence-electron chi connectivity index (χ3n) is 2.25. The minimum Gasteiger partial charge on any atom is -0.481 e. The molecule has 1 aromatic carbocycles. The maximum absolute atomic E-state index is 13.0. The summed E-state index contributed by atoms with van der Waals surface area (Å²) < 4.78 is 18.1. The number of carbonyl (C=O) groups is 1. The van der Waals surface area contributed by atoms with E-state index in [4.69, 9.17) is 9.52 Å². The Balaban J connectivity index is 2.33. The zero-order chi connectivity index (χ0) is 12.4. The molecule has 0 aliphatic heterocycles. The fraction of sp³-hybridized carbons (Fsp3) is 0.182. The predicted molar refractivity (Wildman–Crippen MR) is 55.7 cm³/mol. The fourth-order valence-electron chi connectivity index (χ4n) is 1.25. The maximum Gasteiger partial charge on any atom is 0.315 e. The summed E-state index contributed by atoms with van der Waals surface area (Å²) in [4.78, 5) is 10.7. The third kappa shape index (κ3) is 2.30. The Hall–Kier alpha value is -2.24. The minimum atomic E-state index is -1.06. The van der Waals surface area contributed by atoms with Gasteiger partial charge in [0.25, 0.3) is 0 Å². The van der Waals surface area contributed by atoms with E-state index >= 15 is 0 Å². The van der Waals surface area contributed by atoms with Crippen molar-refractivity contribution >= 4 is 5.97 Å². The Morgan fingerprint density at radius 1 is 1.47 bits per heavy atom. The summed E-state index contributed by atoms with van der Waals surface area (Å²) in [6.45, 7) is 1.44. The van der Waals surface area contributed by atoms with Crippen LogP contribution in [0.3, 0.4) is 0 Å². The number of nitrogens with zero attached hydrogens (tertiary/aromatic N) is 2. The van der Waals surface area contributed by atoms with Crippen molar-refractivity contribution in [1.82, 2.24) is 10.2 Å². The monoisotopic (exact) mass is 236 g/mol. The number of aliphatic carboxylic acids is 1. The molecule has 88 valence electrons. The number of hydrogen-bond acceptors (Lipinski definition) is 4. The molecule has 1 heterocycles. The van der Waals surface area contributed by atoms with Crippen molar-refractivity contribution in [3.63, 3.8) is 0 Å². The van der Waals surface area contributed by atoms with Crippen LogP contribution < -0.4 is 0 Å². The average Bonchev–Trinajstić information content (AvgIpc) is 2.77. The van der Waals surface area contributed by atoms with Crippen LogP contribution >= 0.6 is 0 Å². The van der Waals surface area contributed by atoms with Gasteiger partial charge in [0.1, 0.15) is 11.7 Å². The molecule has 0 radical (unpaired) electrons. The van der Waals surface area contributed by atoms with Crippen LogP contribution in [0.15, 0.2) is 28.7 Å². The molecule has 6 heteroatoms. The summed E-state index contributed by atoms with van der Waals surface area (Å²) in [5.74, 6) is -2.26. The summed E-state index contributed by atoms with van der Waals surface area (Å²) in [7, 11) is 0. The molecule has 0 spiro atoms. The number of carboxylic acids is 1. The van der Waals surface area contributed by atoms with Crippen molar-refractivity contribution in [3.05, 3.63) is 36.0 Å². The van der Waals surface area contributed by atoms with Gasteiger partial charge in [0, 0.05) is 5.56 Å². The molecular weight excluding hydrogens is 227 g/mol. The molecule has 1 N–H and O–H groups in total. The van der Waals surface area contributed by atoms with Crippen molar-refractivity contribution in [2.75, 3.05) is 0 Å². The highest BCUT2D eigenvalue weighted by Gasteiger charge is 2.21. The van der Waals surface area contributed by atoms with Crippen LogP contribution in [-0.4, -0.2) is 21.3 Å². The third-order valence-corrected chi connectivity index (χ3v) is 2.25. The van der Waals surface area contributed by atoms with E-state index in [0.717, 1.165) is 0 Å². The zero-order valence-electron chi connectivity index (χ0n) is 8.92. The van der Waals surface area contributed by atoms with Gasteiger partial charge >= 0.3 is 5.97 Å². The molecule has 1 aromatic heterocycles. The molecule has 0 saturated heterocycles. The van der Waals surface area contributed by atoms with E-state index < -0.39 is 17.7 Å². The first kappa shape index (κ1) is 11.3. The molecule has 2 aromatic rings. The van der Waals surface area contributed by atoms with Crippen LogP contribution in [0.5, 0.6) is 0 Å². The van der Waals surface area contributed by atoms with Gasteiger partial charge < -0.3 is 9.52 Å². The van der Waals surface area contributed by atoms with E-state index in [1.807, 2.05) is 0 Å². The van der Waals surface area contributed by atoms with E-state index in [1.54, 1.807) is 6.07 Å². The summed E-state index contributed by atoms with van der Waals surface area (Å²) >= 11 is 0. The molecule has 5 nitrogen and oxygen atoms in total. The number of aromatic nitrogens is 2. The molecule has 0 bridgehead atoms. The van der Waals surface area contributed by atoms with E-state index in [2.05, 4.69) is 10.2 Å². The summed E-state index contributed by atoms with van der Waals surface area (Å²) in [5.41, 5.74) is 0.418. The van der Waals surface area contributed by atoms with E-state index in [-0.39, 0.29) is 11.8 Å². The number of hydrogen-bond donors (Lipinski definition) is 1. The molecule has 17 heavy (non-hydrogen) atoms. The molecule has 0 amide bonds. The summed E-state index contributed by atoms with van der Waals surface area (Å²) in [6.07, 6.45) is 0. The van der Waals surface area contributed by atoms with Crippen LogP contribution in [-0.2, 0) is 4.79 Å². The molecular formula is C11H9FN2O3. The van der Waals surface area contributed by atoms with Gasteiger partial charge in [-0.2, -0.15) is 0 Å².